The van der Waals surface area contributed by atoms with Crippen molar-refractivity contribution in [3.63, 3.8) is 0 Å². The van der Waals surface area contributed by atoms with E-state index in [-0.39, 0.29) is 0 Å². The smallest absolute Gasteiger partial charge is 0.208 e. The van der Waals surface area contributed by atoms with Gasteiger partial charge in [0.05, 0.1) is 6.26 Å². The highest BCUT2D eigenvalue weighted by Crippen LogP contribution is 2.26. The van der Waals surface area contributed by atoms with Gasteiger partial charge < -0.3 is 4.42 Å². The van der Waals surface area contributed by atoms with Crippen LogP contribution >= 0.6 is 28.2 Å². The standard InChI is InChI=1S/C10H7BrN2O2S/c11-7-1-2-9-8(4-7)6(5-14-9)3-10-12-15-16-13-10/h1-2,4-5H,3H2,(H,12,13). The molecule has 4 nitrogen and oxygen atoms in total. The van der Waals surface area contributed by atoms with E-state index < -0.39 is 0 Å². The van der Waals surface area contributed by atoms with Crippen molar-refractivity contribution >= 4 is 45.0 Å². The lowest BCUT2D eigenvalue weighted by atomic mass is 10.1. The number of benzene rings is 1. The minimum atomic E-state index is 0.677. The van der Waals surface area contributed by atoms with E-state index in [4.69, 9.17) is 8.70 Å². The molecule has 82 valence electrons. The molecule has 2 heterocycles. The highest BCUT2D eigenvalue weighted by molar-refractivity contribution is 9.10. The molecule has 0 atom stereocenters. The summed E-state index contributed by atoms with van der Waals surface area (Å²) in [5.41, 5.74) is 1.97. The highest BCUT2D eigenvalue weighted by atomic mass is 79.9. The molecule has 0 radical (unpaired) electrons. The topological polar surface area (TPSA) is 46.8 Å². The number of rotatable bonds is 2. The zero-order valence-corrected chi connectivity index (χ0v) is 10.5. The van der Waals surface area contributed by atoms with Crippen molar-refractivity contribution in [3.8, 4) is 0 Å². The molecule has 1 aromatic heterocycles. The predicted molar refractivity (Wildman–Crippen MR) is 66.9 cm³/mol. The lowest BCUT2D eigenvalue weighted by molar-refractivity contribution is 0.415. The Kier molecular flexibility index (Phi) is 2.53. The van der Waals surface area contributed by atoms with E-state index >= 15 is 0 Å². The van der Waals surface area contributed by atoms with Gasteiger partial charge >= 0.3 is 0 Å². The third-order valence-electron chi connectivity index (χ3n) is 2.32. The summed E-state index contributed by atoms with van der Waals surface area (Å²) in [5, 5.41) is 4.95. The van der Waals surface area contributed by atoms with Gasteiger partial charge in [0.2, 0.25) is 12.2 Å². The number of furan rings is 1. The molecule has 0 bridgehead atoms. The first-order chi connectivity index (χ1) is 7.83. The number of fused-ring (bicyclic) bond motifs is 1. The van der Waals surface area contributed by atoms with Gasteiger partial charge in [0.1, 0.15) is 5.58 Å². The average molecular weight is 299 g/mol. The Bertz CT molecular complexity index is 567. The molecule has 3 rings (SSSR count). The van der Waals surface area contributed by atoms with Gasteiger partial charge in [-0.1, -0.05) is 21.1 Å². The highest BCUT2D eigenvalue weighted by Gasteiger charge is 2.13. The van der Waals surface area contributed by atoms with Crippen molar-refractivity contribution in [2.45, 2.75) is 6.42 Å². The summed E-state index contributed by atoms with van der Waals surface area (Å²) in [7, 11) is 0. The van der Waals surface area contributed by atoms with E-state index in [1.54, 1.807) is 6.26 Å². The van der Waals surface area contributed by atoms with E-state index in [9.17, 15) is 0 Å². The van der Waals surface area contributed by atoms with Crippen LogP contribution in [0.5, 0.6) is 0 Å². The van der Waals surface area contributed by atoms with Crippen LogP contribution in [0.3, 0.4) is 0 Å². The van der Waals surface area contributed by atoms with Crippen LogP contribution in [0, 0.1) is 0 Å². The fraction of sp³-hybridized carbons (Fsp3) is 0.100. The summed E-state index contributed by atoms with van der Waals surface area (Å²) in [4.78, 5) is 0. The summed E-state index contributed by atoms with van der Waals surface area (Å²) >= 11 is 4.57. The second-order valence-corrected chi connectivity index (χ2v) is 4.81. The Balaban J connectivity index is 1.99. The summed E-state index contributed by atoms with van der Waals surface area (Å²) in [6, 6.07) is 5.94. The van der Waals surface area contributed by atoms with Crippen LogP contribution in [-0.2, 0) is 10.7 Å². The predicted octanol–water partition coefficient (Wildman–Crippen LogP) is 3.23. The minimum absolute atomic E-state index is 0.677. The molecule has 1 aliphatic rings. The number of amidine groups is 1. The zero-order valence-electron chi connectivity index (χ0n) is 8.07. The van der Waals surface area contributed by atoms with Crippen LogP contribution in [-0.4, -0.2) is 5.84 Å². The molecule has 0 saturated heterocycles. The monoisotopic (exact) mass is 298 g/mol. The molecule has 0 saturated carbocycles. The Morgan fingerprint density at radius 2 is 2.38 bits per heavy atom. The maximum atomic E-state index is 5.46. The van der Waals surface area contributed by atoms with Gasteiger partial charge in [-0.05, 0) is 18.2 Å². The van der Waals surface area contributed by atoms with Crippen molar-refractivity contribution in [1.29, 1.82) is 0 Å². The van der Waals surface area contributed by atoms with Gasteiger partial charge in [-0.25, -0.2) is 0 Å². The summed E-state index contributed by atoms with van der Waals surface area (Å²) < 4.78 is 14.3. The lowest BCUT2D eigenvalue weighted by Gasteiger charge is -1.96. The molecule has 0 unspecified atom stereocenters. The van der Waals surface area contributed by atoms with Gasteiger partial charge in [0.25, 0.3) is 0 Å². The van der Waals surface area contributed by atoms with Crippen molar-refractivity contribution < 1.29 is 8.70 Å². The Hall–Kier alpha value is -1.14. The molecule has 16 heavy (non-hydrogen) atoms. The number of hydrogen-bond acceptors (Lipinski definition) is 5. The third-order valence-corrected chi connectivity index (χ3v) is 3.28. The molecular weight excluding hydrogens is 292 g/mol. The second-order valence-electron chi connectivity index (χ2n) is 3.38. The Morgan fingerprint density at radius 1 is 1.44 bits per heavy atom. The SMILES string of the molecule is Brc1ccc2occ(CC3=NOSN3)c2c1. The van der Waals surface area contributed by atoms with E-state index in [0.717, 1.165) is 39.1 Å². The average Bonchev–Trinajstić information content (AvgIpc) is 2.90. The minimum Gasteiger partial charge on any atom is -0.464 e. The first kappa shape index (κ1) is 10.0. The molecule has 1 aliphatic heterocycles. The van der Waals surface area contributed by atoms with E-state index in [1.807, 2.05) is 18.2 Å². The normalized spacial score (nSPS) is 14.7. The number of halogens is 1. The number of nitrogens with zero attached hydrogens (tertiary/aromatic N) is 1. The first-order valence-electron chi connectivity index (χ1n) is 4.64. The molecule has 1 N–H and O–H groups in total. The molecule has 2 aromatic rings. The van der Waals surface area contributed by atoms with Crippen molar-refractivity contribution in [2.24, 2.45) is 5.16 Å². The maximum Gasteiger partial charge on any atom is 0.208 e. The lowest BCUT2D eigenvalue weighted by Crippen LogP contribution is -2.13. The zero-order chi connectivity index (χ0) is 11.0. The molecule has 0 aliphatic carbocycles. The number of hydrogen-bond donors (Lipinski definition) is 1. The maximum absolute atomic E-state index is 5.46. The Labute approximate surface area is 104 Å². The number of oxime groups is 1. The van der Waals surface area contributed by atoms with E-state index in [1.165, 1.54) is 0 Å². The quantitative estimate of drug-likeness (QED) is 0.683. The van der Waals surface area contributed by atoms with E-state index in [0.29, 0.717) is 6.42 Å². The molecule has 0 spiro atoms. The number of nitrogens with one attached hydrogen (secondary N) is 1. The van der Waals surface area contributed by atoms with Crippen molar-refractivity contribution in [3.05, 3.63) is 34.5 Å². The van der Waals surface area contributed by atoms with Crippen LogP contribution in [0.2, 0.25) is 0 Å². The molecule has 1 aromatic carbocycles. The van der Waals surface area contributed by atoms with Crippen LogP contribution in [0.1, 0.15) is 5.56 Å². The fourth-order valence-corrected chi connectivity index (χ4v) is 2.32. The van der Waals surface area contributed by atoms with Crippen LogP contribution in [0.15, 0.2) is 38.5 Å². The summed E-state index contributed by atoms with van der Waals surface area (Å²) in [6.07, 6.45) is 2.43. The third kappa shape index (κ3) is 1.78. The fourth-order valence-electron chi connectivity index (χ4n) is 1.59. The van der Waals surface area contributed by atoms with Crippen molar-refractivity contribution in [1.82, 2.24) is 4.72 Å². The molecule has 6 heteroatoms. The largest absolute Gasteiger partial charge is 0.464 e. The Morgan fingerprint density at radius 3 is 3.19 bits per heavy atom. The summed E-state index contributed by atoms with van der Waals surface area (Å²) in [6.45, 7) is 0. The van der Waals surface area contributed by atoms with Crippen LogP contribution in [0.4, 0.5) is 0 Å². The van der Waals surface area contributed by atoms with Crippen molar-refractivity contribution in [2.75, 3.05) is 0 Å². The van der Waals surface area contributed by atoms with E-state index in [2.05, 4.69) is 25.8 Å². The van der Waals surface area contributed by atoms with Gasteiger partial charge in [0, 0.05) is 21.8 Å². The molecule has 0 fully saturated rings. The first-order valence-corrected chi connectivity index (χ1v) is 6.17. The van der Waals surface area contributed by atoms with Gasteiger partial charge in [-0.3, -0.25) is 9.01 Å². The molecule has 0 amide bonds. The van der Waals surface area contributed by atoms with Crippen LogP contribution in [0.25, 0.3) is 11.0 Å². The molecular formula is C10H7BrN2O2S. The second kappa shape index (κ2) is 4.03. The summed E-state index contributed by atoms with van der Waals surface area (Å²) in [5.74, 6) is 0.799. The van der Waals surface area contributed by atoms with Gasteiger partial charge in [-0.2, -0.15) is 0 Å². The van der Waals surface area contributed by atoms with Gasteiger partial charge in [0.15, 0.2) is 5.84 Å². The van der Waals surface area contributed by atoms with Crippen LogP contribution < -0.4 is 4.72 Å². The van der Waals surface area contributed by atoms with Gasteiger partial charge in [-0.15, -0.1) is 0 Å².